The summed E-state index contributed by atoms with van der Waals surface area (Å²) in [6.07, 6.45) is 9.79. The maximum atomic E-state index is 12.8. The number of rotatable bonds is 1. The molecule has 5 aliphatic rings. The van der Waals surface area contributed by atoms with Gasteiger partial charge in [-0.2, -0.15) is 0 Å². The number of carbonyl (C=O) groups is 2. The number of hydrogen-bond acceptors (Lipinski definition) is 4. The highest BCUT2D eigenvalue weighted by molar-refractivity contribution is 5.86. The van der Waals surface area contributed by atoms with E-state index >= 15 is 0 Å². The Hall–Kier alpha value is -1.16. The first kappa shape index (κ1) is 21.7. The summed E-state index contributed by atoms with van der Waals surface area (Å²) in [6.45, 7) is 13.7. The zero-order valence-electron chi connectivity index (χ0n) is 20.2. The fourth-order valence-electron chi connectivity index (χ4n) is 9.92. The van der Waals surface area contributed by atoms with Crippen LogP contribution in [0.3, 0.4) is 0 Å². The maximum Gasteiger partial charge on any atom is 0.331 e. The van der Waals surface area contributed by atoms with Crippen molar-refractivity contribution in [3.05, 3.63) is 12.2 Å². The number of esters is 1. The van der Waals surface area contributed by atoms with E-state index in [4.69, 9.17) is 4.74 Å². The van der Waals surface area contributed by atoms with Gasteiger partial charge in [0.2, 0.25) is 0 Å². The molecule has 9 atom stereocenters. The van der Waals surface area contributed by atoms with Gasteiger partial charge in [-0.25, -0.2) is 4.79 Å². The Labute approximate surface area is 187 Å². The van der Waals surface area contributed by atoms with Gasteiger partial charge in [0.1, 0.15) is 11.4 Å². The summed E-state index contributed by atoms with van der Waals surface area (Å²) >= 11 is 0. The van der Waals surface area contributed by atoms with Crippen LogP contribution in [0.5, 0.6) is 0 Å². The molecule has 5 rings (SSSR count). The molecule has 4 nitrogen and oxygen atoms in total. The van der Waals surface area contributed by atoms with Crippen molar-refractivity contribution in [2.45, 2.75) is 98.2 Å². The summed E-state index contributed by atoms with van der Waals surface area (Å²) in [5.41, 5.74) is -0.668. The van der Waals surface area contributed by atoms with Crippen LogP contribution in [0.15, 0.2) is 12.2 Å². The number of ketones is 1. The van der Waals surface area contributed by atoms with Gasteiger partial charge in [-0.1, -0.05) is 34.6 Å². The minimum absolute atomic E-state index is 0.00538. The van der Waals surface area contributed by atoms with E-state index < -0.39 is 11.7 Å². The number of hydrogen-bond donors (Lipinski definition) is 1. The van der Waals surface area contributed by atoms with E-state index in [2.05, 4.69) is 34.6 Å². The van der Waals surface area contributed by atoms with Crippen molar-refractivity contribution in [3.63, 3.8) is 0 Å². The van der Waals surface area contributed by atoms with Crippen molar-refractivity contribution in [2.75, 3.05) is 0 Å². The molecule has 0 saturated heterocycles. The lowest BCUT2D eigenvalue weighted by molar-refractivity contribution is -0.231. The van der Waals surface area contributed by atoms with Crippen LogP contribution in [-0.2, 0) is 14.3 Å². The molecule has 0 amide bonds. The fraction of sp³-hybridized carbons (Fsp3) is 0.852. The van der Waals surface area contributed by atoms with Gasteiger partial charge in [-0.05, 0) is 85.5 Å². The van der Waals surface area contributed by atoms with Gasteiger partial charge < -0.3 is 9.84 Å². The van der Waals surface area contributed by atoms with Crippen molar-refractivity contribution in [3.8, 4) is 0 Å². The van der Waals surface area contributed by atoms with E-state index in [1.807, 2.05) is 13.0 Å². The molecule has 0 aromatic carbocycles. The first-order chi connectivity index (χ1) is 14.3. The topological polar surface area (TPSA) is 63.6 Å². The lowest BCUT2D eigenvalue weighted by Crippen LogP contribution is -2.66. The Morgan fingerprint density at radius 1 is 0.935 bits per heavy atom. The van der Waals surface area contributed by atoms with Crippen molar-refractivity contribution in [2.24, 2.45) is 45.3 Å². The van der Waals surface area contributed by atoms with Crippen molar-refractivity contribution in [1.82, 2.24) is 0 Å². The van der Waals surface area contributed by atoms with Crippen LogP contribution < -0.4 is 0 Å². The lowest BCUT2D eigenvalue weighted by atomic mass is 9.35. The van der Waals surface area contributed by atoms with E-state index in [-0.39, 0.29) is 39.5 Å². The lowest BCUT2D eigenvalue weighted by Gasteiger charge is -2.69. The molecule has 0 aromatic heterocycles. The molecule has 1 heterocycles. The Bertz CT molecular complexity index is 859. The van der Waals surface area contributed by atoms with Crippen LogP contribution >= 0.6 is 0 Å². The summed E-state index contributed by atoms with van der Waals surface area (Å²) in [6, 6.07) is 0. The van der Waals surface area contributed by atoms with Gasteiger partial charge in [-0.15, -0.1) is 0 Å². The van der Waals surface area contributed by atoms with Crippen LogP contribution in [0.25, 0.3) is 0 Å². The quantitative estimate of drug-likeness (QED) is 0.591. The third-order valence-electron chi connectivity index (χ3n) is 11.7. The Kier molecular flexibility index (Phi) is 4.36. The van der Waals surface area contributed by atoms with Gasteiger partial charge in [-0.3, -0.25) is 4.79 Å². The third-order valence-corrected chi connectivity index (χ3v) is 11.7. The molecule has 4 heteroatoms. The molecule has 0 radical (unpaired) electrons. The summed E-state index contributed by atoms with van der Waals surface area (Å²) in [4.78, 5) is 24.7. The molecule has 4 fully saturated rings. The highest BCUT2D eigenvalue weighted by Crippen LogP contribution is 2.75. The fourth-order valence-corrected chi connectivity index (χ4v) is 9.92. The Morgan fingerprint density at radius 3 is 2.26 bits per heavy atom. The predicted molar refractivity (Wildman–Crippen MR) is 119 cm³/mol. The molecule has 1 aliphatic heterocycles. The summed E-state index contributed by atoms with van der Waals surface area (Å²) in [5, 5.41) is 11.7. The second-order valence-electron chi connectivity index (χ2n) is 13.0. The minimum atomic E-state index is -0.607. The molecule has 4 aliphatic carbocycles. The number of cyclic esters (lactones) is 1. The SMILES string of the molecule is CC1(C)C(=O)CC[C@]2(C)[C@H]3C[C@@H](O)[C@@H]4[C@@H]([C@]5(C)C=CC(=O)O5)CC[C@@]4(C)[C@]3(C)CC[C@@H]12. The monoisotopic (exact) mass is 428 g/mol. The van der Waals surface area contributed by atoms with E-state index in [1.54, 1.807) is 6.08 Å². The molecular weight excluding hydrogens is 388 g/mol. The first-order valence-electron chi connectivity index (χ1n) is 12.4. The summed E-state index contributed by atoms with van der Waals surface area (Å²) in [7, 11) is 0. The minimum Gasteiger partial charge on any atom is -0.452 e. The van der Waals surface area contributed by atoms with Crippen LogP contribution in [0.2, 0.25) is 0 Å². The van der Waals surface area contributed by atoms with Gasteiger partial charge in [0, 0.05) is 23.8 Å². The molecule has 0 bridgehead atoms. The van der Waals surface area contributed by atoms with Gasteiger partial charge >= 0.3 is 5.97 Å². The number of aliphatic hydroxyl groups is 1. The molecule has 172 valence electrons. The van der Waals surface area contributed by atoms with Crippen LogP contribution in [-0.4, -0.2) is 28.6 Å². The largest absolute Gasteiger partial charge is 0.452 e. The summed E-state index contributed by atoms with van der Waals surface area (Å²) in [5.74, 6) is 1.25. The Morgan fingerprint density at radius 2 is 1.61 bits per heavy atom. The van der Waals surface area contributed by atoms with Crippen molar-refractivity contribution < 1.29 is 19.4 Å². The second-order valence-corrected chi connectivity index (χ2v) is 13.0. The van der Waals surface area contributed by atoms with Crippen LogP contribution in [0.4, 0.5) is 0 Å². The number of carbonyl (C=O) groups excluding carboxylic acids is 2. The normalized spacial score (nSPS) is 55.4. The predicted octanol–water partition coefficient (Wildman–Crippen LogP) is 5.08. The molecule has 0 aromatic rings. The zero-order chi connectivity index (χ0) is 22.6. The summed E-state index contributed by atoms with van der Waals surface area (Å²) < 4.78 is 5.79. The number of fused-ring (bicyclic) bond motifs is 5. The maximum absolute atomic E-state index is 12.8. The van der Waals surface area contributed by atoms with Crippen LogP contribution in [0, 0.1) is 45.3 Å². The number of ether oxygens (including phenoxy) is 1. The third kappa shape index (κ3) is 2.52. The molecule has 0 unspecified atom stereocenters. The molecule has 4 saturated carbocycles. The van der Waals surface area contributed by atoms with E-state index in [9.17, 15) is 14.7 Å². The van der Waals surface area contributed by atoms with Crippen LogP contribution in [0.1, 0.15) is 86.5 Å². The molecule has 31 heavy (non-hydrogen) atoms. The standard InChI is InChI=1S/C27H40O4/c1-23(2)18-8-13-25(4)19(24(18,3)11-9-20(23)29)15-17(28)22-16(7-12-26(22,25)5)27(6)14-10-21(30)31-27/h10,14,16-19,22,28H,7-9,11-13,15H2,1-6H3/t16-,17+,18-,19+,22-,24-,25+,26+,27-/m0/s1. The smallest absolute Gasteiger partial charge is 0.331 e. The number of aliphatic hydroxyl groups excluding tert-OH is 1. The molecular formula is C27H40O4. The highest BCUT2D eigenvalue weighted by Gasteiger charge is 2.71. The first-order valence-corrected chi connectivity index (χ1v) is 12.4. The van der Waals surface area contributed by atoms with E-state index in [1.165, 1.54) is 0 Å². The highest BCUT2D eigenvalue weighted by atomic mass is 16.6. The second kappa shape index (κ2) is 6.24. The van der Waals surface area contributed by atoms with Crippen molar-refractivity contribution >= 4 is 11.8 Å². The van der Waals surface area contributed by atoms with Gasteiger partial charge in [0.15, 0.2) is 0 Å². The van der Waals surface area contributed by atoms with Gasteiger partial charge in [0.25, 0.3) is 0 Å². The van der Waals surface area contributed by atoms with E-state index in [0.29, 0.717) is 24.0 Å². The average molecular weight is 429 g/mol. The average Bonchev–Trinajstić information content (AvgIpc) is 3.23. The molecule has 1 N–H and O–H groups in total. The molecule has 0 spiro atoms. The Balaban J connectivity index is 1.54. The van der Waals surface area contributed by atoms with Crippen molar-refractivity contribution in [1.29, 1.82) is 0 Å². The zero-order valence-corrected chi connectivity index (χ0v) is 20.2. The number of Topliss-reactive ketones (excluding diaryl/α,β-unsaturated/α-hetero) is 1. The van der Waals surface area contributed by atoms with E-state index in [0.717, 1.165) is 38.5 Å². The van der Waals surface area contributed by atoms with Gasteiger partial charge in [0.05, 0.1) is 6.10 Å².